The minimum Gasteiger partial charge on any atom is -0.445 e. The normalized spacial score (nSPS) is 18.9. The van der Waals surface area contributed by atoms with Crippen LogP contribution >= 0.6 is 0 Å². The second kappa shape index (κ2) is 8.00. The molecule has 2 aromatic carbocycles. The van der Waals surface area contributed by atoms with Gasteiger partial charge >= 0.3 is 6.09 Å². The van der Waals surface area contributed by atoms with E-state index in [1.165, 1.54) is 17.0 Å². The standard InChI is InChI=1S/C21H20FN3O4/c22-15-6-7-19-18(8-15)23-20(12-26)25(19)10-16-9-17(27)11-24(16)21(28)29-13-14-4-2-1-3-5-14/h1-8,12,16-17,27H,9-11,13H2/t16-,17?/m0/s1. The monoisotopic (exact) mass is 397 g/mol. The Morgan fingerprint density at radius 2 is 2.07 bits per heavy atom. The number of fused-ring (bicyclic) bond motifs is 1. The lowest BCUT2D eigenvalue weighted by atomic mass is 10.2. The van der Waals surface area contributed by atoms with Gasteiger partial charge in [-0.05, 0) is 24.1 Å². The lowest BCUT2D eigenvalue weighted by molar-refractivity contribution is 0.0856. The molecule has 1 fully saturated rings. The van der Waals surface area contributed by atoms with Crippen LogP contribution in [-0.2, 0) is 17.9 Å². The molecule has 0 saturated carbocycles. The van der Waals surface area contributed by atoms with E-state index in [2.05, 4.69) is 4.98 Å². The Labute approximate surface area is 166 Å². The number of aliphatic hydroxyl groups excluding tert-OH is 1. The summed E-state index contributed by atoms with van der Waals surface area (Å²) in [6.45, 7) is 0.523. The van der Waals surface area contributed by atoms with Crippen LogP contribution in [0.15, 0.2) is 48.5 Å². The van der Waals surface area contributed by atoms with Crippen molar-refractivity contribution < 1.29 is 23.8 Å². The smallest absolute Gasteiger partial charge is 0.410 e. The number of halogens is 1. The van der Waals surface area contributed by atoms with Gasteiger partial charge in [0, 0.05) is 12.6 Å². The van der Waals surface area contributed by atoms with E-state index in [1.54, 1.807) is 10.6 Å². The molecule has 1 aromatic heterocycles. The van der Waals surface area contributed by atoms with Crippen molar-refractivity contribution in [3.8, 4) is 0 Å². The number of hydrogen-bond donors (Lipinski definition) is 1. The van der Waals surface area contributed by atoms with Crippen LogP contribution in [0.3, 0.4) is 0 Å². The van der Waals surface area contributed by atoms with Crippen LogP contribution < -0.4 is 0 Å². The second-order valence-electron chi connectivity index (χ2n) is 7.07. The number of carbonyl (C=O) groups excluding carboxylic acids is 2. The zero-order valence-electron chi connectivity index (χ0n) is 15.6. The first-order valence-corrected chi connectivity index (χ1v) is 9.31. The highest BCUT2D eigenvalue weighted by Crippen LogP contribution is 2.24. The van der Waals surface area contributed by atoms with Crippen LogP contribution in [-0.4, -0.2) is 50.6 Å². The molecule has 150 valence electrons. The number of hydrogen-bond acceptors (Lipinski definition) is 5. The predicted molar refractivity (Wildman–Crippen MR) is 103 cm³/mol. The van der Waals surface area contributed by atoms with Gasteiger partial charge in [-0.1, -0.05) is 30.3 Å². The molecule has 1 aliphatic rings. The maximum atomic E-state index is 13.5. The van der Waals surface area contributed by atoms with Crippen molar-refractivity contribution in [3.05, 3.63) is 65.7 Å². The SMILES string of the molecule is O=Cc1nc2cc(F)ccc2n1C[C@@H]1CC(O)CN1C(=O)OCc1ccccc1. The highest BCUT2D eigenvalue weighted by atomic mass is 19.1. The molecule has 0 bridgehead atoms. The predicted octanol–water partition coefficient (Wildman–Crippen LogP) is 2.76. The van der Waals surface area contributed by atoms with Gasteiger partial charge in [-0.15, -0.1) is 0 Å². The molecule has 2 heterocycles. The van der Waals surface area contributed by atoms with Gasteiger partial charge in [0.15, 0.2) is 12.1 Å². The lowest BCUT2D eigenvalue weighted by Gasteiger charge is -2.24. The molecule has 7 nitrogen and oxygen atoms in total. The Balaban J connectivity index is 1.53. The van der Waals surface area contributed by atoms with E-state index >= 15 is 0 Å². The van der Waals surface area contributed by atoms with Crippen molar-refractivity contribution in [2.75, 3.05) is 6.54 Å². The van der Waals surface area contributed by atoms with Gasteiger partial charge in [-0.2, -0.15) is 0 Å². The van der Waals surface area contributed by atoms with E-state index < -0.39 is 18.0 Å². The highest BCUT2D eigenvalue weighted by molar-refractivity contribution is 5.83. The molecular weight excluding hydrogens is 377 g/mol. The summed E-state index contributed by atoms with van der Waals surface area (Å²) in [5.41, 5.74) is 1.82. The minimum atomic E-state index is -0.684. The molecule has 1 saturated heterocycles. The average Bonchev–Trinajstić information content (AvgIpc) is 3.26. The van der Waals surface area contributed by atoms with Gasteiger partial charge in [0.2, 0.25) is 0 Å². The van der Waals surface area contributed by atoms with Gasteiger partial charge in [0.05, 0.1) is 29.7 Å². The van der Waals surface area contributed by atoms with E-state index in [-0.39, 0.29) is 31.6 Å². The third kappa shape index (κ3) is 3.97. The molecule has 1 unspecified atom stereocenters. The maximum Gasteiger partial charge on any atom is 0.410 e. The first-order chi connectivity index (χ1) is 14.0. The van der Waals surface area contributed by atoms with Crippen LogP contribution in [0.2, 0.25) is 0 Å². The Morgan fingerprint density at radius 1 is 1.28 bits per heavy atom. The zero-order chi connectivity index (χ0) is 20.4. The quantitative estimate of drug-likeness (QED) is 0.670. The van der Waals surface area contributed by atoms with Gasteiger partial charge in [0.1, 0.15) is 12.4 Å². The van der Waals surface area contributed by atoms with Crippen molar-refractivity contribution in [3.63, 3.8) is 0 Å². The first kappa shape index (κ1) is 19.1. The number of aromatic nitrogens is 2. The summed E-state index contributed by atoms with van der Waals surface area (Å²) in [6.07, 6.45) is -0.268. The summed E-state index contributed by atoms with van der Waals surface area (Å²) >= 11 is 0. The van der Waals surface area contributed by atoms with E-state index in [9.17, 15) is 19.1 Å². The Bertz CT molecular complexity index is 1040. The molecule has 4 rings (SSSR count). The summed E-state index contributed by atoms with van der Waals surface area (Å²) in [7, 11) is 0. The number of aldehydes is 1. The number of β-amino-alcohol motifs (C(OH)–C–C–N with tert-alkyl or cyclic N) is 1. The number of benzene rings is 2. The van der Waals surface area contributed by atoms with Crippen LogP contribution in [0.25, 0.3) is 11.0 Å². The number of rotatable bonds is 5. The van der Waals surface area contributed by atoms with E-state index in [0.717, 1.165) is 5.56 Å². The molecule has 1 aliphatic heterocycles. The van der Waals surface area contributed by atoms with E-state index in [1.807, 2.05) is 30.3 Å². The zero-order valence-corrected chi connectivity index (χ0v) is 15.6. The molecule has 0 aliphatic carbocycles. The van der Waals surface area contributed by atoms with Crippen molar-refractivity contribution in [2.45, 2.75) is 31.7 Å². The third-order valence-electron chi connectivity index (χ3n) is 5.07. The molecule has 8 heteroatoms. The number of amides is 1. The van der Waals surface area contributed by atoms with E-state index in [4.69, 9.17) is 4.74 Å². The fourth-order valence-corrected chi connectivity index (χ4v) is 3.71. The van der Waals surface area contributed by atoms with Crippen LogP contribution in [0.5, 0.6) is 0 Å². The van der Waals surface area contributed by atoms with Crippen molar-refractivity contribution in [2.24, 2.45) is 0 Å². The van der Waals surface area contributed by atoms with Crippen molar-refractivity contribution in [1.82, 2.24) is 14.5 Å². The molecule has 1 amide bonds. The fraction of sp³-hybridized carbons (Fsp3) is 0.286. The van der Waals surface area contributed by atoms with Crippen LogP contribution in [0.4, 0.5) is 9.18 Å². The molecule has 0 spiro atoms. The summed E-state index contributed by atoms with van der Waals surface area (Å²) in [5.74, 6) is -0.299. The van der Waals surface area contributed by atoms with Gasteiger partial charge in [0.25, 0.3) is 0 Å². The summed E-state index contributed by atoms with van der Waals surface area (Å²) in [6, 6.07) is 13.0. The molecule has 2 atom stereocenters. The Morgan fingerprint density at radius 3 is 2.83 bits per heavy atom. The fourth-order valence-electron chi connectivity index (χ4n) is 3.71. The number of likely N-dealkylation sites (tertiary alicyclic amines) is 1. The minimum absolute atomic E-state index is 0.131. The molecule has 0 radical (unpaired) electrons. The number of aliphatic hydroxyl groups is 1. The Hall–Kier alpha value is -3.26. The summed E-state index contributed by atoms with van der Waals surface area (Å²) in [4.78, 5) is 29.7. The molecular formula is C21H20FN3O4. The number of ether oxygens (including phenoxy) is 1. The average molecular weight is 397 g/mol. The number of nitrogens with zero attached hydrogens (tertiary/aromatic N) is 3. The maximum absolute atomic E-state index is 13.5. The topological polar surface area (TPSA) is 84.7 Å². The molecule has 3 aromatic rings. The van der Waals surface area contributed by atoms with Gasteiger partial charge in [-0.25, -0.2) is 14.2 Å². The van der Waals surface area contributed by atoms with E-state index in [0.29, 0.717) is 23.7 Å². The number of carbonyl (C=O) groups is 2. The van der Waals surface area contributed by atoms with Gasteiger partial charge < -0.3 is 19.3 Å². The number of imidazole rings is 1. The van der Waals surface area contributed by atoms with Gasteiger partial charge in [-0.3, -0.25) is 4.79 Å². The third-order valence-corrected chi connectivity index (χ3v) is 5.07. The summed E-state index contributed by atoms with van der Waals surface area (Å²) in [5, 5.41) is 10.1. The highest BCUT2D eigenvalue weighted by Gasteiger charge is 2.36. The van der Waals surface area contributed by atoms with Crippen LogP contribution in [0, 0.1) is 5.82 Å². The Kier molecular flexibility index (Phi) is 5.26. The largest absolute Gasteiger partial charge is 0.445 e. The first-order valence-electron chi connectivity index (χ1n) is 9.31. The molecule has 29 heavy (non-hydrogen) atoms. The lowest BCUT2D eigenvalue weighted by Crippen LogP contribution is -2.39. The van der Waals surface area contributed by atoms with Crippen LogP contribution in [0.1, 0.15) is 22.6 Å². The summed E-state index contributed by atoms with van der Waals surface area (Å²) < 4.78 is 20.5. The van der Waals surface area contributed by atoms with Crippen molar-refractivity contribution in [1.29, 1.82) is 0 Å². The van der Waals surface area contributed by atoms with Crippen molar-refractivity contribution >= 4 is 23.4 Å². The second-order valence-corrected chi connectivity index (χ2v) is 7.07. The molecule has 1 N–H and O–H groups in total.